The second kappa shape index (κ2) is 7.82. The van der Waals surface area contributed by atoms with Crippen LogP contribution in [0.25, 0.3) is 10.8 Å². The van der Waals surface area contributed by atoms with Gasteiger partial charge in [0.2, 0.25) is 0 Å². The van der Waals surface area contributed by atoms with Crippen LogP contribution >= 0.6 is 0 Å². The minimum Gasteiger partial charge on any atom is -0.506 e. The molecule has 0 atom stereocenters. The van der Waals surface area contributed by atoms with E-state index < -0.39 is 21.7 Å². The second-order valence-corrected chi connectivity index (χ2v) is 8.26. The Kier molecular flexibility index (Phi) is 5.17. The molecule has 0 spiro atoms. The lowest BCUT2D eigenvalue weighted by Crippen LogP contribution is -2.29. The molecule has 0 aromatic heterocycles. The lowest BCUT2D eigenvalue weighted by atomic mass is 10.00. The Morgan fingerprint density at radius 3 is 2.58 bits per heavy atom. The van der Waals surface area contributed by atoms with Gasteiger partial charge in [0.25, 0.3) is 10.0 Å². The zero-order valence-corrected chi connectivity index (χ0v) is 16.8. The van der Waals surface area contributed by atoms with E-state index in [1.54, 1.807) is 42.5 Å². The summed E-state index contributed by atoms with van der Waals surface area (Å²) in [6, 6.07) is 14.5. The number of hydrogen-bond donors (Lipinski definition) is 3. The number of hydrogen-bond acceptors (Lipinski definition) is 7. The molecule has 158 valence electrons. The number of aliphatic hydroxyl groups is 1. The number of fused-ring (bicyclic) bond motifs is 2. The van der Waals surface area contributed by atoms with Crippen LogP contribution in [0.3, 0.4) is 0 Å². The molecule has 0 radical (unpaired) electrons. The fourth-order valence-electron chi connectivity index (χ4n) is 3.37. The zero-order valence-electron chi connectivity index (χ0n) is 16.0. The van der Waals surface area contributed by atoms with E-state index in [2.05, 4.69) is 9.50 Å². The van der Waals surface area contributed by atoms with E-state index in [1.165, 1.54) is 23.4 Å². The number of carboxylic acids is 1. The van der Waals surface area contributed by atoms with Crippen LogP contribution in [0.1, 0.15) is 21.5 Å². The Morgan fingerprint density at radius 1 is 1.13 bits per heavy atom. The summed E-state index contributed by atoms with van der Waals surface area (Å²) in [6.45, 7) is -0.420. The molecule has 0 saturated heterocycles. The van der Waals surface area contributed by atoms with E-state index in [1.807, 2.05) is 0 Å². The first kappa shape index (κ1) is 20.5. The van der Waals surface area contributed by atoms with E-state index in [-0.39, 0.29) is 35.0 Å². The van der Waals surface area contributed by atoms with E-state index in [4.69, 9.17) is 0 Å². The molecule has 3 aromatic rings. The summed E-state index contributed by atoms with van der Waals surface area (Å²) in [5, 5.41) is 36.0. The van der Waals surface area contributed by atoms with Gasteiger partial charge in [0, 0.05) is 11.1 Å². The topological polar surface area (TPSA) is 140 Å². The molecule has 1 aliphatic rings. The number of hydrazone groups is 1. The van der Waals surface area contributed by atoms with Crippen molar-refractivity contribution in [3.8, 4) is 5.75 Å². The predicted molar refractivity (Wildman–Crippen MR) is 114 cm³/mol. The Hall–Kier alpha value is -3.76. The number of benzene rings is 3. The molecule has 0 unspecified atom stereocenters. The molecule has 3 N–H and O–H groups in total. The molecule has 9 nitrogen and oxygen atoms in total. The van der Waals surface area contributed by atoms with Gasteiger partial charge in [-0.25, -0.2) is 9.80 Å². The largest absolute Gasteiger partial charge is 0.506 e. The average Bonchev–Trinajstić information content (AvgIpc) is 3.02. The molecule has 4 rings (SSSR count). The first-order chi connectivity index (χ1) is 14.8. The normalized spacial score (nSPS) is 14.5. The van der Waals surface area contributed by atoms with Crippen LogP contribution < -0.4 is 0 Å². The molecule has 0 aliphatic carbocycles. The number of amidine groups is 1. The maximum Gasteiger partial charge on any atom is 0.339 e. The highest BCUT2D eigenvalue weighted by Crippen LogP contribution is 2.31. The van der Waals surface area contributed by atoms with E-state index >= 15 is 0 Å². The van der Waals surface area contributed by atoms with Crippen molar-refractivity contribution < 1.29 is 28.5 Å². The first-order valence-electron chi connectivity index (χ1n) is 9.18. The van der Waals surface area contributed by atoms with Gasteiger partial charge in [0.15, 0.2) is 5.84 Å². The van der Waals surface area contributed by atoms with Gasteiger partial charge in [-0.05, 0) is 29.0 Å². The Bertz CT molecular complexity index is 1360. The number of sulfonamides is 1. The highest BCUT2D eigenvalue weighted by molar-refractivity contribution is 7.90. The van der Waals surface area contributed by atoms with E-state index in [0.717, 1.165) is 0 Å². The fourth-order valence-corrected chi connectivity index (χ4v) is 4.58. The van der Waals surface area contributed by atoms with Crippen molar-refractivity contribution in [2.45, 2.75) is 4.90 Å². The number of phenols is 1. The van der Waals surface area contributed by atoms with Crippen molar-refractivity contribution in [2.24, 2.45) is 9.50 Å². The Balaban J connectivity index is 1.84. The van der Waals surface area contributed by atoms with Crippen molar-refractivity contribution in [1.29, 1.82) is 0 Å². The third kappa shape index (κ3) is 3.62. The van der Waals surface area contributed by atoms with Crippen molar-refractivity contribution >= 4 is 38.8 Å². The van der Waals surface area contributed by atoms with Crippen LogP contribution in [-0.2, 0) is 10.0 Å². The van der Waals surface area contributed by atoms with Gasteiger partial charge >= 0.3 is 5.97 Å². The Morgan fingerprint density at radius 2 is 1.84 bits per heavy atom. The number of nitrogens with zero attached hydrogens (tertiary/aromatic N) is 3. The molecule has 0 saturated carbocycles. The van der Waals surface area contributed by atoms with Gasteiger partial charge in [-0.2, -0.15) is 13.5 Å². The lowest BCUT2D eigenvalue weighted by Gasteiger charge is -2.18. The van der Waals surface area contributed by atoms with Gasteiger partial charge < -0.3 is 15.3 Å². The third-order valence-corrected chi connectivity index (χ3v) is 6.11. The van der Waals surface area contributed by atoms with Crippen LogP contribution in [0.4, 0.5) is 0 Å². The van der Waals surface area contributed by atoms with Crippen LogP contribution in [0.2, 0.25) is 0 Å². The number of aromatic carboxylic acids is 1. The average molecular weight is 439 g/mol. The van der Waals surface area contributed by atoms with Crippen molar-refractivity contribution in [2.75, 3.05) is 13.2 Å². The third-order valence-electron chi connectivity index (χ3n) is 4.79. The van der Waals surface area contributed by atoms with Crippen molar-refractivity contribution in [1.82, 2.24) is 5.01 Å². The monoisotopic (exact) mass is 439 g/mol. The summed E-state index contributed by atoms with van der Waals surface area (Å²) in [6.07, 6.45) is 1.23. The molecular weight excluding hydrogens is 422 g/mol. The van der Waals surface area contributed by atoms with Gasteiger partial charge in [-0.15, -0.1) is 4.40 Å². The fraction of sp³-hybridized carbons (Fsp3) is 0.0952. The maximum absolute atomic E-state index is 12.4. The molecule has 1 aliphatic heterocycles. The summed E-state index contributed by atoms with van der Waals surface area (Å²) >= 11 is 0. The van der Waals surface area contributed by atoms with Gasteiger partial charge in [-0.1, -0.05) is 36.4 Å². The lowest BCUT2D eigenvalue weighted by molar-refractivity contribution is 0.0694. The highest BCUT2D eigenvalue weighted by Gasteiger charge is 2.31. The standard InChI is InChI=1S/C21H17N3O6S/c25-10-9-24(20-15-7-3-4-8-18(15)31(29,30)23-20)22-12-17-14-6-2-1-5-13(14)11-16(19(17)26)21(27)28/h1-8,11-12,25-26H,9-10H2,(H,27,28)/b22-12-. The molecule has 0 fully saturated rings. The second-order valence-electron chi connectivity index (χ2n) is 6.69. The maximum atomic E-state index is 12.4. The number of aliphatic hydroxyl groups excluding tert-OH is 1. The number of aromatic hydroxyl groups is 1. The number of carboxylic acid groups (broad SMARTS) is 1. The molecular formula is C21H17N3O6S. The van der Waals surface area contributed by atoms with Crippen molar-refractivity contribution in [3.63, 3.8) is 0 Å². The van der Waals surface area contributed by atoms with E-state index in [0.29, 0.717) is 16.3 Å². The van der Waals surface area contributed by atoms with Crippen LogP contribution in [0, 0.1) is 0 Å². The summed E-state index contributed by atoms with van der Waals surface area (Å²) in [5.41, 5.74) is 0.189. The molecule has 0 amide bonds. The quantitative estimate of drug-likeness (QED) is 0.408. The minimum atomic E-state index is -3.90. The van der Waals surface area contributed by atoms with E-state index in [9.17, 15) is 28.5 Å². The Labute approximate surface area is 177 Å². The van der Waals surface area contributed by atoms with Crippen LogP contribution in [0.5, 0.6) is 5.75 Å². The zero-order chi connectivity index (χ0) is 22.2. The first-order valence-corrected chi connectivity index (χ1v) is 10.6. The molecule has 3 aromatic carbocycles. The molecule has 1 heterocycles. The molecule has 10 heteroatoms. The predicted octanol–water partition coefficient (Wildman–Crippen LogP) is 2.02. The van der Waals surface area contributed by atoms with Gasteiger partial charge in [0.1, 0.15) is 16.2 Å². The number of rotatable bonds is 5. The number of carbonyl (C=O) groups is 1. The molecule has 31 heavy (non-hydrogen) atoms. The summed E-state index contributed by atoms with van der Waals surface area (Å²) in [4.78, 5) is 11.6. The van der Waals surface area contributed by atoms with Crippen molar-refractivity contribution in [3.05, 3.63) is 71.3 Å². The van der Waals surface area contributed by atoms with Gasteiger partial charge in [0.05, 0.1) is 19.4 Å². The SMILES string of the molecule is O=C(O)c1cc2ccccc2c(/C=N\N(CCO)C2=NS(=O)(=O)c3ccccc32)c1O. The molecule has 0 bridgehead atoms. The summed E-state index contributed by atoms with van der Waals surface area (Å²) in [7, 11) is -3.90. The summed E-state index contributed by atoms with van der Waals surface area (Å²) < 4.78 is 28.5. The highest BCUT2D eigenvalue weighted by atomic mass is 32.2. The summed E-state index contributed by atoms with van der Waals surface area (Å²) in [5.74, 6) is -1.75. The smallest absolute Gasteiger partial charge is 0.339 e. The van der Waals surface area contributed by atoms with Crippen LogP contribution in [0.15, 0.2) is 69.0 Å². The van der Waals surface area contributed by atoms with Crippen LogP contribution in [-0.4, -0.2) is 59.9 Å². The van der Waals surface area contributed by atoms with Gasteiger partial charge in [-0.3, -0.25) is 0 Å². The minimum absolute atomic E-state index is 0.0269.